The Morgan fingerprint density at radius 1 is 1.15 bits per heavy atom. The van der Waals surface area contributed by atoms with Gasteiger partial charge in [-0.25, -0.2) is 4.98 Å². The fraction of sp³-hybridized carbons (Fsp3) is 0.353. The maximum atomic E-state index is 4.51. The van der Waals surface area contributed by atoms with Crippen LogP contribution in [0.2, 0.25) is 0 Å². The Kier molecular flexibility index (Phi) is 4.28. The lowest BCUT2D eigenvalue weighted by atomic mass is 10.1. The zero-order chi connectivity index (χ0) is 13.6. The molecular weight excluding hydrogens is 246 g/mol. The van der Waals surface area contributed by atoms with Crippen LogP contribution >= 0.6 is 0 Å². The fourth-order valence-corrected chi connectivity index (χ4v) is 2.56. The van der Waals surface area contributed by atoms with Crippen LogP contribution in [0, 0.1) is 6.07 Å². The third-order valence-electron chi connectivity index (χ3n) is 3.72. The minimum atomic E-state index is 1.05. The Morgan fingerprint density at radius 2 is 2.00 bits per heavy atom. The van der Waals surface area contributed by atoms with Gasteiger partial charge in [0.15, 0.2) is 0 Å². The van der Waals surface area contributed by atoms with Crippen molar-refractivity contribution in [1.82, 2.24) is 10.3 Å². The monoisotopic (exact) mass is 266 g/mol. The second-order valence-corrected chi connectivity index (χ2v) is 5.17. The molecular formula is C17H20N3. The molecule has 2 aromatic rings. The first-order valence-corrected chi connectivity index (χ1v) is 7.27. The van der Waals surface area contributed by atoms with E-state index in [1.165, 1.54) is 11.1 Å². The van der Waals surface area contributed by atoms with Crippen molar-refractivity contribution in [3.8, 4) is 0 Å². The Morgan fingerprint density at radius 3 is 2.80 bits per heavy atom. The van der Waals surface area contributed by atoms with Crippen LogP contribution in [0.3, 0.4) is 0 Å². The van der Waals surface area contributed by atoms with Crippen LogP contribution < -0.4 is 10.2 Å². The molecule has 1 radical (unpaired) electrons. The molecule has 0 atom stereocenters. The number of aromatic nitrogens is 1. The zero-order valence-electron chi connectivity index (χ0n) is 11.7. The van der Waals surface area contributed by atoms with E-state index in [0.717, 1.165) is 44.8 Å². The van der Waals surface area contributed by atoms with Gasteiger partial charge in [-0.05, 0) is 42.2 Å². The first-order chi connectivity index (χ1) is 9.92. The Balaban J connectivity index is 1.65. The standard InChI is InChI=1S/C17H20N3/c1-2-4-15(5-3-1)6-7-16-8-9-19-17(14-16)20-12-10-18-11-13-20/h1-2,4-5,8-9,14,18H,6-7,10-13H2. The molecule has 2 heterocycles. The van der Waals surface area contributed by atoms with Crippen molar-refractivity contribution in [2.24, 2.45) is 0 Å². The molecule has 0 aliphatic carbocycles. The van der Waals surface area contributed by atoms with Crippen LogP contribution in [0.4, 0.5) is 5.82 Å². The van der Waals surface area contributed by atoms with Gasteiger partial charge in [-0.1, -0.05) is 24.3 Å². The van der Waals surface area contributed by atoms with Gasteiger partial charge in [0.25, 0.3) is 0 Å². The Hall–Kier alpha value is -1.87. The first kappa shape index (κ1) is 13.1. The molecule has 1 saturated heterocycles. The van der Waals surface area contributed by atoms with Crippen molar-refractivity contribution in [1.29, 1.82) is 0 Å². The summed E-state index contributed by atoms with van der Waals surface area (Å²) in [7, 11) is 0. The van der Waals surface area contributed by atoms with Crippen LogP contribution in [-0.4, -0.2) is 31.2 Å². The van der Waals surface area contributed by atoms with Gasteiger partial charge >= 0.3 is 0 Å². The number of nitrogens with one attached hydrogen (secondary N) is 1. The molecule has 0 spiro atoms. The maximum absolute atomic E-state index is 4.51. The van der Waals surface area contributed by atoms with Gasteiger partial charge < -0.3 is 10.2 Å². The Bertz CT molecular complexity index is 533. The van der Waals surface area contributed by atoms with Gasteiger partial charge in [0.1, 0.15) is 5.82 Å². The molecule has 3 nitrogen and oxygen atoms in total. The molecule has 1 N–H and O–H groups in total. The van der Waals surface area contributed by atoms with Gasteiger partial charge in [-0.15, -0.1) is 0 Å². The van der Waals surface area contributed by atoms with Crippen molar-refractivity contribution in [2.75, 3.05) is 31.1 Å². The average molecular weight is 266 g/mol. The van der Waals surface area contributed by atoms with Crippen LogP contribution in [0.1, 0.15) is 11.1 Å². The van der Waals surface area contributed by atoms with Crippen molar-refractivity contribution in [3.63, 3.8) is 0 Å². The van der Waals surface area contributed by atoms with Crippen LogP contribution in [-0.2, 0) is 12.8 Å². The summed E-state index contributed by atoms with van der Waals surface area (Å²) in [5, 5.41) is 3.37. The number of anilines is 1. The Labute approximate surface area is 120 Å². The maximum Gasteiger partial charge on any atom is 0.128 e. The fourth-order valence-electron chi connectivity index (χ4n) is 2.56. The lowest BCUT2D eigenvalue weighted by Crippen LogP contribution is -2.43. The van der Waals surface area contributed by atoms with E-state index in [9.17, 15) is 0 Å². The molecule has 3 rings (SSSR count). The molecule has 1 aliphatic heterocycles. The summed E-state index contributed by atoms with van der Waals surface area (Å²) in [6, 6.07) is 15.7. The normalized spacial score (nSPS) is 15.3. The van der Waals surface area contributed by atoms with Crippen molar-refractivity contribution < 1.29 is 0 Å². The average Bonchev–Trinajstić information content (AvgIpc) is 2.55. The molecule has 3 heteroatoms. The summed E-state index contributed by atoms with van der Waals surface area (Å²) in [5.74, 6) is 1.11. The molecule has 103 valence electrons. The molecule has 0 amide bonds. The second kappa shape index (κ2) is 6.53. The van der Waals surface area contributed by atoms with Crippen molar-refractivity contribution in [3.05, 3.63) is 59.8 Å². The molecule has 0 saturated carbocycles. The number of pyridine rings is 1. The van der Waals surface area contributed by atoms with Crippen LogP contribution in [0.15, 0.2) is 42.6 Å². The van der Waals surface area contributed by atoms with E-state index >= 15 is 0 Å². The summed E-state index contributed by atoms with van der Waals surface area (Å²) in [4.78, 5) is 6.87. The number of hydrogen-bond acceptors (Lipinski definition) is 3. The predicted molar refractivity (Wildman–Crippen MR) is 82.0 cm³/mol. The predicted octanol–water partition coefficient (Wildman–Crippen LogP) is 2.08. The highest BCUT2D eigenvalue weighted by Gasteiger charge is 2.11. The van der Waals surface area contributed by atoms with E-state index < -0.39 is 0 Å². The minimum absolute atomic E-state index is 1.05. The number of aryl methyl sites for hydroxylation is 2. The van der Waals surface area contributed by atoms with Crippen LogP contribution in [0.5, 0.6) is 0 Å². The van der Waals surface area contributed by atoms with Crippen molar-refractivity contribution in [2.45, 2.75) is 12.8 Å². The number of nitrogens with zero attached hydrogens (tertiary/aromatic N) is 2. The first-order valence-electron chi connectivity index (χ1n) is 7.27. The summed E-state index contributed by atoms with van der Waals surface area (Å²) < 4.78 is 0. The summed E-state index contributed by atoms with van der Waals surface area (Å²) in [5.41, 5.74) is 2.70. The smallest absolute Gasteiger partial charge is 0.128 e. The van der Waals surface area contributed by atoms with E-state index in [4.69, 9.17) is 0 Å². The van der Waals surface area contributed by atoms with Crippen molar-refractivity contribution >= 4 is 5.82 Å². The van der Waals surface area contributed by atoms with Gasteiger partial charge in [0.05, 0.1) is 0 Å². The molecule has 0 unspecified atom stereocenters. The molecule has 0 bridgehead atoms. The van der Waals surface area contributed by atoms with Gasteiger partial charge in [0, 0.05) is 32.4 Å². The summed E-state index contributed by atoms with van der Waals surface area (Å²) in [6.45, 7) is 4.19. The molecule has 1 fully saturated rings. The van der Waals surface area contributed by atoms with E-state index in [-0.39, 0.29) is 0 Å². The highest BCUT2D eigenvalue weighted by molar-refractivity contribution is 5.41. The quantitative estimate of drug-likeness (QED) is 0.918. The third kappa shape index (κ3) is 3.36. The van der Waals surface area contributed by atoms with Gasteiger partial charge in [0.2, 0.25) is 0 Å². The summed E-state index contributed by atoms with van der Waals surface area (Å²) >= 11 is 0. The SMILES string of the molecule is [c]1cccc(CCc2ccnc(N3CCNCC3)c2)c1. The lowest BCUT2D eigenvalue weighted by molar-refractivity contribution is 0.584. The van der Waals surface area contributed by atoms with Gasteiger partial charge in [-0.2, -0.15) is 0 Å². The topological polar surface area (TPSA) is 28.2 Å². The largest absolute Gasteiger partial charge is 0.354 e. The van der Waals surface area contributed by atoms with Crippen LogP contribution in [0.25, 0.3) is 0 Å². The molecule has 1 aromatic heterocycles. The molecule has 20 heavy (non-hydrogen) atoms. The van der Waals surface area contributed by atoms with E-state index in [0.29, 0.717) is 0 Å². The third-order valence-corrected chi connectivity index (χ3v) is 3.72. The number of hydrogen-bond donors (Lipinski definition) is 1. The van der Waals surface area contributed by atoms with E-state index in [2.05, 4.69) is 45.5 Å². The lowest BCUT2D eigenvalue weighted by Gasteiger charge is -2.28. The number of piperazine rings is 1. The summed E-state index contributed by atoms with van der Waals surface area (Å²) in [6.07, 6.45) is 4.05. The number of benzene rings is 1. The highest BCUT2D eigenvalue weighted by atomic mass is 15.2. The molecule has 1 aliphatic rings. The number of rotatable bonds is 4. The minimum Gasteiger partial charge on any atom is -0.354 e. The zero-order valence-corrected chi connectivity index (χ0v) is 11.7. The highest BCUT2D eigenvalue weighted by Crippen LogP contribution is 2.15. The van der Waals surface area contributed by atoms with Gasteiger partial charge in [-0.3, -0.25) is 0 Å². The second-order valence-electron chi connectivity index (χ2n) is 5.17. The molecule has 1 aromatic carbocycles. The van der Waals surface area contributed by atoms with E-state index in [1.54, 1.807) is 0 Å². The van der Waals surface area contributed by atoms with E-state index in [1.807, 2.05) is 18.3 Å².